The van der Waals surface area contributed by atoms with Gasteiger partial charge >= 0.3 is 0 Å². The molecule has 2 aromatic rings. The quantitative estimate of drug-likeness (QED) is 0.914. The zero-order chi connectivity index (χ0) is 13.9. The maximum atomic E-state index is 6.53. The summed E-state index contributed by atoms with van der Waals surface area (Å²) in [4.78, 5) is 4.22. The highest BCUT2D eigenvalue weighted by Gasteiger charge is 2.26. The van der Waals surface area contributed by atoms with Crippen molar-refractivity contribution in [3.05, 3.63) is 59.4 Å². The highest BCUT2D eigenvalue weighted by Crippen LogP contribution is 2.30. The molecule has 3 nitrogen and oxygen atoms in total. The molecule has 1 heterocycles. The fourth-order valence-corrected chi connectivity index (χ4v) is 2.26. The fourth-order valence-electron chi connectivity index (χ4n) is 2.26. The second kappa shape index (κ2) is 5.41. The highest BCUT2D eigenvalue weighted by atomic mass is 16.5. The summed E-state index contributed by atoms with van der Waals surface area (Å²) in [6, 6.07) is 10.1. The average Bonchev–Trinajstić information content (AvgIpc) is 2.40. The number of pyridine rings is 1. The van der Waals surface area contributed by atoms with Gasteiger partial charge in [0.15, 0.2) is 0 Å². The molecule has 3 heteroatoms. The van der Waals surface area contributed by atoms with Crippen molar-refractivity contribution in [3.8, 4) is 5.75 Å². The van der Waals surface area contributed by atoms with E-state index >= 15 is 0 Å². The van der Waals surface area contributed by atoms with E-state index in [9.17, 15) is 0 Å². The van der Waals surface area contributed by atoms with Crippen molar-refractivity contribution < 1.29 is 4.74 Å². The smallest absolute Gasteiger partial charge is 0.137 e. The number of hydrogen-bond donors (Lipinski definition) is 1. The highest BCUT2D eigenvalue weighted by molar-refractivity contribution is 5.42. The summed E-state index contributed by atoms with van der Waals surface area (Å²) < 4.78 is 5.49. The van der Waals surface area contributed by atoms with Gasteiger partial charge in [0.1, 0.15) is 5.75 Å². The molecule has 19 heavy (non-hydrogen) atoms. The van der Waals surface area contributed by atoms with E-state index in [0.29, 0.717) is 6.61 Å². The largest absolute Gasteiger partial charge is 0.492 e. The van der Waals surface area contributed by atoms with E-state index in [1.54, 1.807) is 12.4 Å². The Morgan fingerprint density at radius 3 is 2.68 bits per heavy atom. The van der Waals surface area contributed by atoms with Crippen molar-refractivity contribution in [2.45, 2.75) is 26.3 Å². The van der Waals surface area contributed by atoms with Crippen molar-refractivity contribution in [1.82, 2.24) is 4.98 Å². The maximum absolute atomic E-state index is 6.53. The first kappa shape index (κ1) is 13.6. The van der Waals surface area contributed by atoms with Gasteiger partial charge in [-0.2, -0.15) is 0 Å². The molecule has 0 aliphatic rings. The third kappa shape index (κ3) is 2.76. The lowest BCUT2D eigenvalue weighted by Gasteiger charge is -2.27. The van der Waals surface area contributed by atoms with Gasteiger partial charge in [0.05, 0.1) is 18.3 Å². The molecule has 2 rings (SSSR count). The molecule has 0 aliphatic carbocycles. The van der Waals surface area contributed by atoms with Crippen LogP contribution in [-0.4, -0.2) is 11.6 Å². The third-order valence-electron chi connectivity index (χ3n) is 3.33. The molecule has 0 bridgehead atoms. The zero-order valence-electron chi connectivity index (χ0n) is 11.7. The lowest BCUT2D eigenvalue weighted by Crippen LogP contribution is -2.35. The van der Waals surface area contributed by atoms with Crippen molar-refractivity contribution in [2.24, 2.45) is 5.73 Å². The first-order valence-corrected chi connectivity index (χ1v) is 6.49. The molecule has 1 aromatic heterocycles. The first-order chi connectivity index (χ1) is 9.05. The number of nitrogens with two attached hydrogens (primary N) is 1. The second-order valence-electron chi connectivity index (χ2n) is 4.86. The number of hydrogen-bond acceptors (Lipinski definition) is 3. The van der Waals surface area contributed by atoms with E-state index < -0.39 is 5.54 Å². The van der Waals surface area contributed by atoms with E-state index in [1.165, 1.54) is 5.56 Å². The van der Waals surface area contributed by atoms with Gasteiger partial charge in [0, 0.05) is 6.20 Å². The van der Waals surface area contributed by atoms with E-state index in [4.69, 9.17) is 10.5 Å². The van der Waals surface area contributed by atoms with Gasteiger partial charge in [-0.3, -0.25) is 4.98 Å². The molecule has 1 atom stereocenters. The van der Waals surface area contributed by atoms with Crippen LogP contribution >= 0.6 is 0 Å². The van der Waals surface area contributed by atoms with Gasteiger partial charge in [0.2, 0.25) is 0 Å². The number of rotatable bonds is 4. The Hall–Kier alpha value is -1.87. The monoisotopic (exact) mass is 256 g/mol. The SMILES string of the molecule is CCOc1cncc(C(C)(N)c2ccccc2C)c1. The molecular weight excluding hydrogens is 236 g/mol. The lowest BCUT2D eigenvalue weighted by molar-refractivity contribution is 0.337. The molecule has 0 aliphatic heterocycles. The maximum Gasteiger partial charge on any atom is 0.137 e. The molecule has 0 saturated carbocycles. The van der Waals surface area contributed by atoms with Crippen LogP contribution in [-0.2, 0) is 5.54 Å². The van der Waals surface area contributed by atoms with Crippen molar-refractivity contribution in [3.63, 3.8) is 0 Å². The standard InChI is InChI=1S/C16H20N2O/c1-4-19-14-9-13(10-18-11-14)16(3,17)15-8-6-5-7-12(15)2/h5-11H,4,17H2,1-3H3. The predicted octanol–water partition coefficient (Wildman–Crippen LogP) is 3.01. The first-order valence-electron chi connectivity index (χ1n) is 6.49. The van der Waals surface area contributed by atoms with Crippen LogP contribution in [0.4, 0.5) is 0 Å². The molecule has 0 amide bonds. The summed E-state index contributed by atoms with van der Waals surface area (Å²) in [5, 5.41) is 0. The van der Waals surface area contributed by atoms with Gasteiger partial charge in [-0.15, -0.1) is 0 Å². The van der Waals surface area contributed by atoms with E-state index in [-0.39, 0.29) is 0 Å². The van der Waals surface area contributed by atoms with Crippen LogP contribution in [0.25, 0.3) is 0 Å². The van der Waals surface area contributed by atoms with Gasteiger partial charge in [-0.25, -0.2) is 0 Å². The Kier molecular flexibility index (Phi) is 3.86. The van der Waals surface area contributed by atoms with Gasteiger partial charge in [-0.1, -0.05) is 24.3 Å². The average molecular weight is 256 g/mol. The van der Waals surface area contributed by atoms with E-state index in [1.807, 2.05) is 32.0 Å². The number of aromatic nitrogens is 1. The van der Waals surface area contributed by atoms with Gasteiger partial charge in [0.25, 0.3) is 0 Å². The van der Waals surface area contributed by atoms with Crippen LogP contribution in [0.1, 0.15) is 30.5 Å². The van der Waals surface area contributed by atoms with Crippen LogP contribution in [0, 0.1) is 6.92 Å². The van der Waals surface area contributed by atoms with Crippen LogP contribution in [0.3, 0.4) is 0 Å². The molecule has 0 spiro atoms. The summed E-state index contributed by atoms with van der Waals surface area (Å²) in [5.41, 5.74) is 9.18. The second-order valence-corrected chi connectivity index (χ2v) is 4.86. The lowest BCUT2D eigenvalue weighted by atomic mass is 9.84. The van der Waals surface area contributed by atoms with Crippen LogP contribution in [0.2, 0.25) is 0 Å². The van der Waals surface area contributed by atoms with Crippen LogP contribution < -0.4 is 10.5 Å². The fraction of sp³-hybridized carbons (Fsp3) is 0.312. The van der Waals surface area contributed by atoms with Crippen molar-refractivity contribution in [1.29, 1.82) is 0 Å². The molecule has 0 saturated heterocycles. The summed E-state index contributed by atoms with van der Waals surface area (Å²) in [7, 11) is 0. The van der Waals surface area contributed by atoms with Crippen molar-refractivity contribution in [2.75, 3.05) is 6.61 Å². The number of benzene rings is 1. The molecular formula is C16H20N2O. The summed E-state index contributed by atoms with van der Waals surface area (Å²) >= 11 is 0. The molecule has 2 N–H and O–H groups in total. The predicted molar refractivity (Wildman–Crippen MR) is 77.2 cm³/mol. The minimum atomic E-state index is -0.578. The minimum absolute atomic E-state index is 0.578. The Morgan fingerprint density at radius 1 is 1.26 bits per heavy atom. The van der Waals surface area contributed by atoms with E-state index in [2.05, 4.69) is 24.0 Å². The molecule has 1 aromatic carbocycles. The Bertz CT molecular complexity index is 564. The molecule has 1 unspecified atom stereocenters. The van der Waals surface area contributed by atoms with Gasteiger partial charge < -0.3 is 10.5 Å². The Morgan fingerprint density at radius 2 is 2.00 bits per heavy atom. The van der Waals surface area contributed by atoms with Gasteiger partial charge in [-0.05, 0) is 43.5 Å². The topological polar surface area (TPSA) is 48.1 Å². The summed E-state index contributed by atoms with van der Waals surface area (Å²) in [6.45, 7) is 6.65. The minimum Gasteiger partial charge on any atom is -0.492 e. The zero-order valence-corrected chi connectivity index (χ0v) is 11.7. The Labute approximate surface area is 114 Å². The van der Waals surface area contributed by atoms with Crippen LogP contribution in [0.5, 0.6) is 5.75 Å². The normalized spacial score (nSPS) is 13.9. The molecule has 100 valence electrons. The van der Waals surface area contributed by atoms with E-state index in [0.717, 1.165) is 16.9 Å². The summed E-state index contributed by atoms with van der Waals surface area (Å²) in [6.07, 6.45) is 3.51. The number of nitrogens with zero attached hydrogens (tertiary/aromatic N) is 1. The Balaban J connectivity index is 2.44. The van der Waals surface area contributed by atoms with Crippen molar-refractivity contribution >= 4 is 0 Å². The molecule has 0 fully saturated rings. The summed E-state index contributed by atoms with van der Waals surface area (Å²) in [5.74, 6) is 0.755. The number of ether oxygens (including phenoxy) is 1. The van der Waals surface area contributed by atoms with Crippen LogP contribution in [0.15, 0.2) is 42.7 Å². The third-order valence-corrected chi connectivity index (χ3v) is 3.33. The molecule has 0 radical (unpaired) electrons. The number of aryl methyl sites for hydroxylation is 1.